The quantitative estimate of drug-likeness (QED) is 0.120. The molecule has 9 rings (SSSR count). The molecule has 334 valence electrons. The number of imidazole rings is 1. The van der Waals surface area contributed by atoms with Crippen molar-refractivity contribution in [3.8, 4) is 22.3 Å². The Labute approximate surface area is 374 Å². The third kappa shape index (κ3) is 8.20. The number of nitrogens with zero attached hydrogens (tertiary/aromatic N) is 4. The highest BCUT2D eigenvalue weighted by atomic mass is 16.5. The zero-order chi connectivity index (χ0) is 44.8. The van der Waals surface area contributed by atoms with Crippen molar-refractivity contribution in [2.45, 2.75) is 109 Å². The second kappa shape index (κ2) is 17.7. The number of hydrogen-bond acceptors (Lipinski definition) is 8. The van der Waals surface area contributed by atoms with Crippen LogP contribution in [0.5, 0.6) is 0 Å². The second-order valence-corrected chi connectivity index (χ2v) is 18.8. The minimum atomic E-state index is -0.679. The van der Waals surface area contributed by atoms with Gasteiger partial charge in [-0.05, 0) is 126 Å². The van der Waals surface area contributed by atoms with Crippen molar-refractivity contribution in [3.05, 3.63) is 90.3 Å². The molecule has 0 spiro atoms. The maximum atomic E-state index is 14.0. The lowest BCUT2D eigenvalue weighted by atomic mass is 9.95. The molecule has 5 aromatic rings. The Bertz CT molecular complexity index is 2620. The van der Waals surface area contributed by atoms with Crippen molar-refractivity contribution in [1.29, 1.82) is 0 Å². The maximum absolute atomic E-state index is 14.0. The summed E-state index contributed by atoms with van der Waals surface area (Å²) in [6, 6.07) is 26.8. The highest BCUT2D eigenvalue weighted by Crippen LogP contribution is 2.50. The molecule has 7 unspecified atom stereocenters. The number of piperidine rings is 1. The number of benzene rings is 4. The first-order chi connectivity index (χ1) is 30.9. The predicted molar refractivity (Wildman–Crippen MR) is 248 cm³/mol. The van der Waals surface area contributed by atoms with Crippen LogP contribution < -0.4 is 10.6 Å². The van der Waals surface area contributed by atoms with Gasteiger partial charge in [0.1, 0.15) is 17.9 Å². The molecular weight excluding hydrogens is 807 g/mol. The van der Waals surface area contributed by atoms with Crippen LogP contribution in [0.4, 0.5) is 9.59 Å². The van der Waals surface area contributed by atoms with E-state index in [0.717, 1.165) is 106 Å². The summed E-state index contributed by atoms with van der Waals surface area (Å²) in [7, 11) is 2.63. The zero-order valence-corrected chi connectivity index (χ0v) is 37.6. The van der Waals surface area contributed by atoms with Crippen molar-refractivity contribution in [1.82, 2.24) is 30.4 Å². The Balaban J connectivity index is 0.884. The smallest absolute Gasteiger partial charge is 0.407 e. The molecule has 1 saturated carbocycles. The number of amides is 4. The lowest BCUT2D eigenvalue weighted by Crippen LogP contribution is -2.54. The van der Waals surface area contributed by atoms with E-state index in [1.165, 1.54) is 14.2 Å². The Hall–Kier alpha value is -6.24. The van der Waals surface area contributed by atoms with Gasteiger partial charge in [0.2, 0.25) is 11.8 Å². The van der Waals surface area contributed by atoms with E-state index in [4.69, 9.17) is 19.5 Å². The molecule has 7 atom stereocenters. The number of alkyl carbamates (subject to hydrolysis) is 2. The number of nitrogens with one attached hydrogen (secondary N) is 3. The summed E-state index contributed by atoms with van der Waals surface area (Å²) < 4.78 is 9.65. The molecule has 3 fully saturated rings. The summed E-state index contributed by atoms with van der Waals surface area (Å²) in [5, 5.41) is 7.83. The van der Waals surface area contributed by atoms with Crippen LogP contribution in [0.25, 0.3) is 44.1 Å². The van der Waals surface area contributed by atoms with Crippen LogP contribution in [0.1, 0.15) is 90.1 Å². The molecule has 13 nitrogen and oxygen atoms in total. The number of likely N-dealkylation sites (tertiary alicyclic amines) is 2. The fourth-order valence-corrected chi connectivity index (χ4v) is 10.8. The summed E-state index contributed by atoms with van der Waals surface area (Å²) in [6.07, 6.45) is 5.33. The molecular formula is C51H59N7O6. The molecule has 1 aliphatic carbocycles. The Kier molecular flexibility index (Phi) is 11.9. The molecule has 3 N–H and O–H groups in total. The molecule has 4 amide bonds. The van der Waals surface area contributed by atoms with Crippen LogP contribution in [0.2, 0.25) is 0 Å². The fraction of sp³-hybridized carbons (Fsp3) is 0.451. The van der Waals surface area contributed by atoms with Gasteiger partial charge in [0.15, 0.2) is 0 Å². The molecule has 4 aliphatic rings. The Morgan fingerprint density at radius 2 is 1.30 bits per heavy atom. The van der Waals surface area contributed by atoms with Crippen molar-refractivity contribution in [3.63, 3.8) is 0 Å². The van der Waals surface area contributed by atoms with Gasteiger partial charge in [-0.3, -0.25) is 14.6 Å². The van der Waals surface area contributed by atoms with E-state index in [9.17, 15) is 19.2 Å². The number of carbonyl (C=O) groups is 4. The molecule has 4 aromatic carbocycles. The zero-order valence-electron chi connectivity index (χ0n) is 37.6. The Morgan fingerprint density at radius 1 is 0.703 bits per heavy atom. The predicted octanol–water partition coefficient (Wildman–Crippen LogP) is 8.81. The van der Waals surface area contributed by atoms with Crippen LogP contribution in [-0.2, 0) is 19.1 Å². The first-order valence-electron chi connectivity index (χ1n) is 22.9. The van der Waals surface area contributed by atoms with Crippen molar-refractivity contribution in [2.24, 2.45) is 22.7 Å². The van der Waals surface area contributed by atoms with E-state index < -0.39 is 24.3 Å². The SMILES string of the molecule is COC(=O)NC(C(=O)N1CCCC1C1CCC(c2ccc3cc(-c4ccc(-c5ccc6nc(C7C8CCC(C8)N7C(=O)C(NC(=O)OC)C(C)C)[nH]c6c5)cc4)ccc3c2)=N1)C(C)C. The lowest BCUT2D eigenvalue weighted by Gasteiger charge is -2.37. The van der Waals surface area contributed by atoms with E-state index in [1.54, 1.807) is 0 Å². The molecule has 1 aromatic heterocycles. The normalized spacial score (nSPS) is 22.6. The van der Waals surface area contributed by atoms with Gasteiger partial charge in [0.25, 0.3) is 0 Å². The molecule has 3 aliphatic heterocycles. The molecule has 13 heteroatoms. The largest absolute Gasteiger partial charge is 0.453 e. The van der Waals surface area contributed by atoms with Gasteiger partial charge in [-0.2, -0.15) is 0 Å². The molecule has 4 heterocycles. The summed E-state index contributed by atoms with van der Waals surface area (Å²) in [5.74, 6) is 0.801. The first-order valence-corrected chi connectivity index (χ1v) is 22.9. The molecule has 2 saturated heterocycles. The van der Waals surface area contributed by atoms with E-state index in [-0.39, 0.29) is 47.8 Å². The highest BCUT2D eigenvalue weighted by molar-refractivity contribution is 6.05. The fourth-order valence-electron chi connectivity index (χ4n) is 10.8. The lowest BCUT2D eigenvalue weighted by molar-refractivity contribution is -0.139. The number of ether oxygens (including phenoxy) is 2. The molecule has 0 radical (unpaired) electrons. The van der Waals surface area contributed by atoms with Crippen LogP contribution in [-0.4, -0.2) is 100 Å². The monoisotopic (exact) mass is 865 g/mol. The number of carbonyl (C=O) groups excluding carboxylic acids is 4. The van der Waals surface area contributed by atoms with Crippen LogP contribution >= 0.6 is 0 Å². The number of aromatic amines is 1. The average Bonchev–Trinajstić information content (AvgIpc) is 4.17. The van der Waals surface area contributed by atoms with Crippen LogP contribution in [0.3, 0.4) is 0 Å². The van der Waals surface area contributed by atoms with Gasteiger partial charge in [0.05, 0.1) is 43.4 Å². The minimum Gasteiger partial charge on any atom is -0.453 e. The number of hydrogen-bond donors (Lipinski definition) is 3. The van der Waals surface area contributed by atoms with Gasteiger partial charge in [-0.15, -0.1) is 0 Å². The second-order valence-electron chi connectivity index (χ2n) is 18.8. The van der Waals surface area contributed by atoms with E-state index >= 15 is 0 Å². The van der Waals surface area contributed by atoms with Gasteiger partial charge >= 0.3 is 12.2 Å². The number of methoxy groups -OCH3 is 2. The van der Waals surface area contributed by atoms with Crippen LogP contribution in [0.15, 0.2) is 83.9 Å². The topological polar surface area (TPSA) is 158 Å². The van der Waals surface area contributed by atoms with E-state index in [1.807, 2.05) is 43.6 Å². The van der Waals surface area contributed by atoms with E-state index in [0.29, 0.717) is 12.5 Å². The average molecular weight is 866 g/mol. The van der Waals surface area contributed by atoms with Gasteiger partial charge in [-0.1, -0.05) is 82.3 Å². The summed E-state index contributed by atoms with van der Waals surface area (Å²) in [4.78, 5) is 69.7. The third-order valence-corrected chi connectivity index (χ3v) is 14.2. The van der Waals surface area contributed by atoms with Gasteiger partial charge < -0.3 is 34.9 Å². The third-order valence-electron chi connectivity index (χ3n) is 14.2. The van der Waals surface area contributed by atoms with Gasteiger partial charge in [-0.25, -0.2) is 14.6 Å². The van der Waals surface area contributed by atoms with Crippen molar-refractivity contribution < 1.29 is 28.7 Å². The van der Waals surface area contributed by atoms with E-state index in [2.05, 4.69) is 88.4 Å². The number of rotatable bonds is 11. The van der Waals surface area contributed by atoms with Crippen molar-refractivity contribution in [2.75, 3.05) is 20.8 Å². The van der Waals surface area contributed by atoms with Crippen LogP contribution in [0, 0.1) is 17.8 Å². The summed E-state index contributed by atoms with van der Waals surface area (Å²) in [5.41, 5.74) is 8.41. The van der Waals surface area contributed by atoms with Gasteiger partial charge in [0, 0.05) is 18.3 Å². The number of aromatic nitrogens is 2. The highest BCUT2D eigenvalue weighted by Gasteiger charge is 2.51. The Morgan fingerprint density at radius 3 is 1.95 bits per heavy atom. The summed E-state index contributed by atoms with van der Waals surface area (Å²) >= 11 is 0. The van der Waals surface area contributed by atoms with Crippen molar-refractivity contribution >= 4 is 51.5 Å². The number of aliphatic imine (C=N–C) groups is 1. The number of fused-ring (bicyclic) bond motifs is 4. The molecule has 64 heavy (non-hydrogen) atoms. The summed E-state index contributed by atoms with van der Waals surface area (Å²) in [6.45, 7) is 8.42. The molecule has 2 bridgehead atoms. The first kappa shape index (κ1) is 43.0. The minimum absolute atomic E-state index is 0.0193. The number of H-pyrrole nitrogens is 1. The maximum Gasteiger partial charge on any atom is 0.407 e. The standard InChI is InChI=1S/C51H59N7O6/c1-28(2)44(55-50(61)63-5)48(59)57-23-7-8-43(57)41-22-21-39(52-41)36-16-15-33-24-32(13-14-34(33)25-36)30-9-11-31(12-10-30)35-18-20-40-42(27-35)54-47(53-40)46-37-17-19-38(26-37)58(46)49(60)45(29(3)4)56-51(62)64-6/h9-16,18,20,24-25,27-29,37-38,41,43-46H,7-8,17,19,21-23,26H2,1-6H3,(H,53,54)(H,55,61)(H,56,62).